The molecule has 71 heavy (non-hydrogen) atoms. The zero-order valence-corrected chi connectivity index (χ0v) is 46.3. The van der Waals surface area contributed by atoms with Gasteiger partial charge in [0.05, 0.1) is 76.7 Å². The molecule has 0 radical (unpaired) electrons. The molecule has 2 amide bonds. The van der Waals surface area contributed by atoms with Crippen molar-refractivity contribution in [3.63, 3.8) is 0 Å². The summed E-state index contributed by atoms with van der Waals surface area (Å²) in [5.41, 5.74) is 2.69. The third-order valence-electron chi connectivity index (χ3n) is 8.70. The van der Waals surface area contributed by atoms with Gasteiger partial charge in [-0.3, -0.25) is 29.3 Å². The fourth-order valence-electron chi connectivity index (χ4n) is 5.91. The minimum atomic E-state index is -4.35. The number of nitrogens with one attached hydrogen (secondary N) is 2. The van der Waals surface area contributed by atoms with Crippen LogP contribution in [0.5, 0.6) is 5.75 Å². The molecule has 398 valence electrons. The second-order valence-corrected chi connectivity index (χ2v) is 23.0. The third kappa shape index (κ3) is 22.1. The number of amides is 2. The first-order valence-electron chi connectivity index (χ1n) is 20.6. The van der Waals surface area contributed by atoms with Gasteiger partial charge in [0.25, 0.3) is 5.91 Å². The second kappa shape index (κ2) is 31.1. The molecule has 4 aromatic rings. The number of aliphatic carboxylic acids is 1. The van der Waals surface area contributed by atoms with Gasteiger partial charge in [0.15, 0.2) is 4.84 Å². The minimum absolute atomic E-state index is 0.0257. The molecule has 4 N–H and O–H groups in total. The van der Waals surface area contributed by atoms with E-state index in [9.17, 15) is 45.8 Å². The summed E-state index contributed by atoms with van der Waals surface area (Å²) in [5.74, 6) is -1.20. The van der Waals surface area contributed by atoms with Gasteiger partial charge in [-0.25, -0.2) is 17.8 Å². The lowest BCUT2D eigenvalue weighted by atomic mass is 10.0. The summed E-state index contributed by atoms with van der Waals surface area (Å²) in [6, 6.07) is 15.7. The smallest absolute Gasteiger partial charge is 0.355 e. The number of carbonyl (C=O) groups is 3. The highest BCUT2D eigenvalue weighted by Gasteiger charge is 2.32. The van der Waals surface area contributed by atoms with Crippen LogP contribution >= 0.6 is 65.6 Å². The zero-order valence-electron chi connectivity index (χ0n) is 40.0. The summed E-state index contributed by atoms with van der Waals surface area (Å²) in [4.78, 5) is 65.8. The number of anilines is 3. The molecule has 0 aliphatic carbocycles. The van der Waals surface area contributed by atoms with Crippen LogP contribution < -0.4 is 35.2 Å². The molecule has 1 aromatic heterocycles. The molecule has 0 saturated heterocycles. The van der Waals surface area contributed by atoms with Crippen LogP contribution in [0.1, 0.15) is 44.3 Å². The average molecular weight is 1160 g/mol. The van der Waals surface area contributed by atoms with Crippen LogP contribution in [0.3, 0.4) is 0 Å². The maximum absolute atomic E-state index is 12.8. The number of methoxy groups -OCH3 is 1. The van der Waals surface area contributed by atoms with Crippen molar-refractivity contribution in [3.8, 4) is 11.4 Å². The number of hydrogen-bond acceptors (Lipinski definition) is 12. The highest BCUT2D eigenvalue weighted by molar-refractivity contribution is 7.94. The van der Waals surface area contributed by atoms with Crippen molar-refractivity contribution in [1.82, 2.24) is 19.7 Å². The van der Waals surface area contributed by atoms with Crippen LogP contribution in [0.2, 0.25) is 10.0 Å². The van der Waals surface area contributed by atoms with Gasteiger partial charge in [0.2, 0.25) is 15.9 Å². The lowest BCUT2D eigenvalue weighted by Crippen LogP contribution is -2.47. The largest absolute Gasteiger partial charge is 0.778 e. The molecule has 3 aromatic carbocycles. The number of nitrogens with zero attached hydrogens (tertiary/aromatic N) is 5. The maximum Gasteiger partial charge on any atom is 0.355 e. The molecule has 0 spiro atoms. The van der Waals surface area contributed by atoms with Gasteiger partial charge in [-0.15, -0.1) is 16.7 Å². The monoisotopic (exact) mass is 1160 g/mol. The number of fused-ring (bicyclic) bond motifs is 1. The SMILES string of the molecule is CC1COc2ccccc2N1C(=O)C(Cl)Cl.CCc1cccc(CC)c1N(COC)C(=O)CCl.C[S+](C)C.Cc1nn(-c2cc(NS(C)(=O)=O)c(Cl)cc2Cl)c(=O)n1C(F)F.O=C(O)CNCP(=O)([O-])O. The summed E-state index contributed by atoms with van der Waals surface area (Å²) < 4.78 is 71.9. The van der Waals surface area contributed by atoms with E-state index in [-0.39, 0.29) is 62.3 Å². The van der Waals surface area contributed by atoms with Crippen molar-refractivity contribution in [1.29, 1.82) is 0 Å². The average Bonchev–Trinajstić information content (AvgIpc) is 3.57. The van der Waals surface area contributed by atoms with E-state index in [1.54, 1.807) is 16.9 Å². The molecule has 2 heterocycles. The molecule has 0 bridgehead atoms. The molecule has 19 nitrogen and oxygen atoms in total. The van der Waals surface area contributed by atoms with E-state index in [1.165, 1.54) is 13.0 Å². The molecular weight excluding hydrogens is 1100 g/mol. The summed E-state index contributed by atoms with van der Waals surface area (Å²) in [5, 5.41) is 13.6. The van der Waals surface area contributed by atoms with Crippen molar-refractivity contribution in [2.24, 2.45) is 0 Å². The number of aromatic nitrogens is 3. The molecule has 2 unspecified atom stereocenters. The third-order valence-corrected chi connectivity index (χ3v) is 11.1. The number of carboxylic acid groups (broad SMARTS) is 1. The van der Waals surface area contributed by atoms with Crippen molar-refractivity contribution < 1.29 is 60.5 Å². The first-order chi connectivity index (χ1) is 33.0. The number of hydrogen-bond donors (Lipinski definition) is 4. The van der Waals surface area contributed by atoms with Crippen LogP contribution in [-0.2, 0) is 57.4 Å². The van der Waals surface area contributed by atoms with E-state index < -0.39 is 53.5 Å². The molecule has 5 rings (SSSR count). The number of para-hydroxylation sites is 3. The summed E-state index contributed by atoms with van der Waals surface area (Å²) >= 11 is 28.8. The Morgan fingerprint density at radius 1 is 1.04 bits per heavy atom. The molecule has 2 atom stereocenters. The van der Waals surface area contributed by atoms with Crippen molar-refractivity contribution >= 4 is 121 Å². The number of carbonyl (C=O) groups excluding carboxylic acids is 2. The second-order valence-electron chi connectivity index (χ2n) is 15.0. The van der Waals surface area contributed by atoms with Crippen molar-refractivity contribution in [3.05, 3.63) is 92.1 Å². The Morgan fingerprint density at radius 2 is 1.61 bits per heavy atom. The number of aryl methyl sites for hydroxylation is 3. The summed E-state index contributed by atoms with van der Waals surface area (Å²) in [6.07, 6.45) is 8.52. The Hall–Kier alpha value is -3.71. The minimum Gasteiger partial charge on any atom is -0.778 e. The van der Waals surface area contributed by atoms with Gasteiger partial charge in [0.1, 0.15) is 38.4 Å². The standard InChI is InChI=1S/C14H20ClNO2.C11H10Cl2F2N4O3S.C11H11Cl2NO2.C3H8NO5P.C3H9S/c1-4-11-7-6-8-12(5-2)14(11)16(10-18-3)13(17)9-15;1-5-16-19(11(20)18(5)10(14)15)9-4-8(17-23(2,21)22)6(12)3-7(9)13;1-7-6-16-9-5-3-2-4-8(9)14(7)11(15)10(12)13;5-3(6)1-4-2-10(7,8)9;1-4(2)3/h6-8H,4-5,9-10H2,1-3H3;3-4,10,17H,1-2H3;2-5,7,10H,6H2,1H3;4H,1-2H2,(H,5,6)(H2,7,8,9);1-3H3/q;;;;+1/p-1. The number of alkyl halides is 5. The van der Waals surface area contributed by atoms with Gasteiger partial charge >= 0.3 is 18.2 Å². The van der Waals surface area contributed by atoms with E-state index in [0.717, 1.165) is 47.7 Å². The van der Waals surface area contributed by atoms with Crippen LogP contribution in [0.15, 0.2) is 59.4 Å². The fourth-order valence-corrected chi connectivity index (χ4v) is 7.79. The predicted octanol–water partition coefficient (Wildman–Crippen LogP) is 6.67. The number of benzene rings is 3. The highest BCUT2D eigenvalue weighted by Crippen LogP contribution is 2.35. The highest BCUT2D eigenvalue weighted by atomic mass is 35.5. The molecular formula is C42H57Cl5F2N7O12PS2. The van der Waals surface area contributed by atoms with E-state index in [4.69, 9.17) is 77.5 Å². The Labute approximate surface area is 439 Å². The molecule has 0 saturated carbocycles. The summed E-state index contributed by atoms with van der Waals surface area (Å²) in [7, 11) is -5.78. The fraction of sp³-hybridized carbons (Fsp3) is 0.452. The van der Waals surface area contributed by atoms with Crippen LogP contribution in [0.4, 0.5) is 25.8 Å². The van der Waals surface area contributed by atoms with Crippen molar-refractivity contribution in [2.45, 2.75) is 58.0 Å². The Bertz CT molecular complexity index is 2590. The molecule has 0 fully saturated rings. The topological polar surface area (TPSA) is 255 Å². The van der Waals surface area contributed by atoms with Crippen LogP contribution in [0.25, 0.3) is 5.69 Å². The van der Waals surface area contributed by atoms with Crippen molar-refractivity contribution in [2.75, 3.05) is 78.7 Å². The number of ether oxygens (including phenoxy) is 2. The number of halogens is 7. The molecule has 29 heteroatoms. The van der Waals surface area contributed by atoms with E-state index in [2.05, 4.69) is 42.4 Å². The quantitative estimate of drug-likeness (QED) is 0.0420. The van der Waals surface area contributed by atoms with Crippen LogP contribution in [0, 0.1) is 6.92 Å². The zero-order chi connectivity index (χ0) is 54.6. The summed E-state index contributed by atoms with van der Waals surface area (Å²) in [6.45, 7) is 4.40. The number of rotatable bonds is 15. The maximum atomic E-state index is 12.8. The first kappa shape index (κ1) is 65.3. The van der Waals surface area contributed by atoms with Gasteiger partial charge in [0, 0.05) is 7.11 Å². The lowest BCUT2D eigenvalue weighted by Gasteiger charge is -2.35. The molecule has 1 aliphatic rings. The van der Waals surface area contributed by atoms with Gasteiger partial charge in [-0.05, 0) is 73.0 Å². The van der Waals surface area contributed by atoms with E-state index in [0.29, 0.717) is 27.9 Å². The van der Waals surface area contributed by atoms with E-state index >= 15 is 0 Å². The Balaban J connectivity index is 0.000000476. The molecule has 1 aliphatic heterocycles. The Morgan fingerprint density at radius 3 is 2.06 bits per heavy atom. The normalized spacial score (nSPS) is 13.6. The van der Waals surface area contributed by atoms with E-state index in [1.807, 2.05) is 54.7 Å². The van der Waals surface area contributed by atoms with Gasteiger partial charge in [-0.2, -0.15) is 13.5 Å². The number of carboxylic acids is 1. The predicted molar refractivity (Wildman–Crippen MR) is 277 cm³/mol. The van der Waals surface area contributed by atoms with Crippen LogP contribution in [-0.4, -0.2) is 126 Å². The number of sulfonamides is 1. The van der Waals surface area contributed by atoms with Gasteiger partial charge in [-0.1, -0.05) is 90.6 Å². The Kier molecular flexibility index (Phi) is 28.6. The lowest BCUT2D eigenvalue weighted by molar-refractivity contribution is -0.193. The van der Waals surface area contributed by atoms with Gasteiger partial charge < -0.3 is 33.8 Å². The first-order valence-corrected chi connectivity index (χ1v) is 28.9.